The third-order valence-corrected chi connectivity index (χ3v) is 16.3. The highest BCUT2D eigenvalue weighted by atomic mass is 32.2. The Bertz CT molecular complexity index is 4190. The van der Waals surface area contributed by atoms with Crippen molar-refractivity contribution in [1.82, 2.24) is 8.97 Å². The van der Waals surface area contributed by atoms with Crippen LogP contribution in [0.1, 0.15) is 0 Å². The van der Waals surface area contributed by atoms with Gasteiger partial charge in [0, 0.05) is 49.1 Å². The van der Waals surface area contributed by atoms with E-state index in [-0.39, 0.29) is 0 Å². The molecule has 64 heavy (non-hydrogen) atoms. The van der Waals surface area contributed by atoms with E-state index in [1.54, 1.807) is 23.5 Å². The molecule has 4 aromatic heterocycles. The molecule has 0 fully saturated rings. The Hall–Kier alpha value is -7.77. The van der Waals surface area contributed by atoms with Gasteiger partial charge in [0.2, 0.25) is 9.84 Å². The molecule has 300 valence electrons. The zero-order valence-corrected chi connectivity index (χ0v) is 35.8. The van der Waals surface area contributed by atoms with E-state index in [4.69, 9.17) is 0 Å². The van der Waals surface area contributed by atoms with Crippen molar-refractivity contribution in [1.29, 1.82) is 0 Å². The third kappa shape index (κ3) is 5.00. The summed E-state index contributed by atoms with van der Waals surface area (Å²) in [6.45, 7) is 0. The van der Waals surface area contributed by atoms with Gasteiger partial charge >= 0.3 is 0 Å². The quantitative estimate of drug-likeness (QED) is 0.173. The normalized spacial score (nSPS) is 13.2. The third-order valence-electron chi connectivity index (χ3n) is 13.5. The lowest BCUT2D eigenvalue weighted by molar-refractivity contribution is 0.598. The maximum atomic E-state index is 14.0. The Morgan fingerprint density at radius 3 is 1.62 bits per heavy atom. The molecule has 0 amide bonds. The van der Waals surface area contributed by atoms with Crippen molar-refractivity contribution in [3.8, 4) is 61.3 Å². The van der Waals surface area contributed by atoms with Crippen LogP contribution in [0.25, 0.3) is 121 Å². The zero-order chi connectivity index (χ0) is 42.3. The second-order valence-electron chi connectivity index (χ2n) is 16.9. The SMILES string of the molecule is O=S1(=O)c2ccc(-c3ccc(-n4c5ccccc5c5cc(-c6ccccc6)ccc54)cc3)cc2-c2cc(-c3cccc(-c4cc5c6ccccc6n6c7sccc7c(c4)c56)c3)ccc21. The Kier molecular flexibility index (Phi) is 7.34. The highest BCUT2D eigenvalue weighted by molar-refractivity contribution is 7.92. The molecule has 0 radical (unpaired) electrons. The van der Waals surface area contributed by atoms with Crippen LogP contribution in [0.5, 0.6) is 0 Å². The van der Waals surface area contributed by atoms with Crippen LogP contribution in [0.3, 0.4) is 0 Å². The van der Waals surface area contributed by atoms with Crippen molar-refractivity contribution >= 4 is 80.4 Å². The lowest BCUT2D eigenvalue weighted by Gasteiger charge is -2.11. The fourth-order valence-corrected chi connectivity index (χ4v) is 13.1. The highest BCUT2D eigenvalue weighted by Gasteiger charge is 2.33. The van der Waals surface area contributed by atoms with E-state index in [9.17, 15) is 8.42 Å². The summed E-state index contributed by atoms with van der Waals surface area (Å²) >= 11 is 1.79. The van der Waals surface area contributed by atoms with Gasteiger partial charge in [-0.3, -0.25) is 4.40 Å². The Labute approximate surface area is 372 Å². The second-order valence-corrected chi connectivity index (χ2v) is 19.7. The maximum Gasteiger partial charge on any atom is 0.207 e. The number of thiophene rings is 1. The molecule has 0 bridgehead atoms. The first-order valence-corrected chi connectivity index (χ1v) is 23.8. The molecule has 5 heterocycles. The summed E-state index contributed by atoms with van der Waals surface area (Å²) in [6, 6.07) is 70.2. The number of nitrogens with zero attached hydrogens (tertiary/aromatic N) is 2. The van der Waals surface area contributed by atoms with Gasteiger partial charge in [-0.25, -0.2) is 8.42 Å². The topological polar surface area (TPSA) is 43.5 Å². The van der Waals surface area contributed by atoms with Gasteiger partial charge in [0.05, 0.1) is 31.9 Å². The number of aromatic nitrogens is 2. The number of fused-ring (bicyclic) bond motifs is 12. The molecule has 0 saturated carbocycles. The molecular weight excluding hydrogens is 821 g/mol. The predicted molar refractivity (Wildman–Crippen MR) is 266 cm³/mol. The first kappa shape index (κ1) is 35.8. The smallest absolute Gasteiger partial charge is 0.207 e. The summed E-state index contributed by atoms with van der Waals surface area (Å²) in [4.78, 5) is 1.98. The van der Waals surface area contributed by atoms with Gasteiger partial charge in [-0.1, -0.05) is 115 Å². The van der Waals surface area contributed by atoms with Crippen molar-refractivity contribution in [2.45, 2.75) is 9.79 Å². The van der Waals surface area contributed by atoms with E-state index in [2.05, 4.69) is 178 Å². The molecule has 4 nitrogen and oxygen atoms in total. The summed E-state index contributed by atoms with van der Waals surface area (Å²) < 4.78 is 32.8. The van der Waals surface area contributed by atoms with E-state index in [0.717, 1.165) is 61.2 Å². The molecule has 1 aliphatic rings. The molecule has 1 aliphatic heterocycles. The van der Waals surface area contributed by atoms with Gasteiger partial charge in [-0.05, 0) is 135 Å². The first-order valence-electron chi connectivity index (χ1n) is 21.5. The van der Waals surface area contributed by atoms with Crippen molar-refractivity contribution in [3.05, 3.63) is 206 Å². The Morgan fingerprint density at radius 1 is 0.359 bits per heavy atom. The Balaban J connectivity index is 0.834. The van der Waals surface area contributed by atoms with Crippen LogP contribution < -0.4 is 0 Å². The fourth-order valence-electron chi connectivity index (χ4n) is 10.5. The standard InChI is InChI=1S/C58H34N2O2S2/c61-64(62)55-25-20-40(36-17-22-43(23-18-36)59-52-15-6-4-13-44(52)47-30-39(19-24-54(47)59)35-9-2-1-3-10-35)31-48(55)49-32-41(21-26-56(49)64)37-11-8-12-38(29-37)42-33-50-45-14-5-7-16-53(45)60-57(50)51(34-42)46-27-28-63-58(46)60/h1-34H. The van der Waals surface area contributed by atoms with Gasteiger partial charge in [-0.2, -0.15) is 0 Å². The van der Waals surface area contributed by atoms with Crippen LogP contribution in [0.4, 0.5) is 0 Å². The lowest BCUT2D eigenvalue weighted by Crippen LogP contribution is -1.96. The molecule has 6 heteroatoms. The number of benzene rings is 9. The minimum Gasteiger partial charge on any atom is -0.309 e. The Morgan fingerprint density at radius 2 is 0.875 bits per heavy atom. The zero-order valence-electron chi connectivity index (χ0n) is 34.2. The summed E-state index contributed by atoms with van der Waals surface area (Å²) in [5, 5.41) is 9.66. The maximum absolute atomic E-state index is 14.0. The summed E-state index contributed by atoms with van der Waals surface area (Å²) in [5.41, 5.74) is 16.0. The van der Waals surface area contributed by atoms with Crippen molar-refractivity contribution in [2.75, 3.05) is 0 Å². The van der Waals surface area contributed by atoms with E-state index < -0.39 is 9.84 Å². The summed E-state index contributed by atoms with van der Waals surface area (Å²) in [5.74, 6) is 0. The van der Waals surface area contributed by atoms with E-state index in [1.807, 2.05) is 24.3 Å². The van der Waals surface area contributed by atoms with Crippen molar-refractivity contribution < 1.29 is 8.42 Å². The monoisotopic (exact) mass is 854 g/mol. The molecule has 0 atom stereocenters. The largest absolute Gasteiger partial charge is 0.309 e. The summed E-state index contributed by atoms with van der Waals surface area (Å²) in [7, 11) is -3.67. The molecule has 0 saturated heterocycles. The van der Waals surface area contributed by atoms with Gasteiger partial charge in [0.1, 0.15) is 4.83 Å². The van der Waals surface area contributed by atoms with Crippen LogP contribution in [-0.2, 0) is 9.84 Å². The van der Waals surface area contributed by atoms with Crippen molar-refractivity contribution in [3.63, 3.8) is 0 Å². The average molecular weight is 855 g/mol. The van der Waals surface area contributed by atoms with Crippen LogP contribution in [0.2, 0.25) is 0 Å². The number of hydrogen-bond acceptors (Lipinski definition) is 3. The number of hydrogen-bond donors (Lipinski definition) is 0. The summed E-state index contributed by atoms with van der Waals surface area (Å²) in [6.07, 6.45) is 0. The second kappa shape index (κ2) is 13.1. The van der Waals surface area contributed by atoms with E-state index in [1.165, 1.54) is 59.3 Å². The van der Waals surface area contributed by atoms with Crippen molar-refractivity contribution in [2.24, 2.45) is 0 Å². The van der Waals surface area contributed by atoms with Crippen LogP contribution in [-0.4, -0.2) is 17.4 Å². The molecule has 9 aromatic carbocycles. The lowest BCUT2D eigenvalue weighted by atomic mass is 9.94. The predicted octanol–water partition coefficient (Wildman–Crippen LogP) is 15.5. The number of sulfone groups is 1. The average Bonchev–Trinajstić information content (AvgIpc) is 4.15. The molecule has 0 N–H and O–H groups in total. The molecule has 0 spiro atoms. The van der Waals surface area contributed by atoms with Crippen LogP contribution in [0.15, 0.2) is 215 Å². The van der Waals surface area contributed by atoms with Crippen LogP contribution in [0, 0.1) is 0 Å². The molecule has 0 aliphatic carbocycles. The van der Waals surface area contributed by atoms with Crippen LogP contribution >= 0.6 is 11.3 Å². The van der Waals surface area contributed by atoms with Gasteiger partial charge in [0.25, 0.3) is 0 Å². The minimum absolute atomic E-state index is 0.354. The molecule has 0 unspecified atom stereocenters. The van der Waals surface area contributed by atoms with Gasteiger partial charge in [0.15, 0.2) is 0 Å². The highest BCUT2D eigenvalue weighted by Crippen LogP contribution is 2.48. The number of para-hydroxylation sites is 2. The first-order chi connectivity index (χ1) is 31.5. The fraction of sp³-hybridized carbons (Fsp3) is 0. The molecular formula is C58H34N2O2S2. The van der Waals surface area contributed by atoms with E-state index >= 15 is 0 Å². The minimum atomic E-state index is -3.67. The van der Waals surface area contributed by atoms with Gasteiger partial charge < -0.3 is 4.57 Å². The molecule has 14 rings (SSSR count). The number of rotatable bonds is 5. The molecule has 13 aromatic rings. The van der Waals surface area contributed by atoms with E-state index in [0.29, 0.717) is 9.79 Å². The van der Waals surface area contributed by atoms with Gasteiger partial charge in [-0.15, -0.1) is 11.3 Å².